The highest BCUT2D eigenvalue weighted by Crippen LogP contribution is 2.28. The molecule has 0 aliphatic rings. The first-order chi connectivity index (χ1) is 15.1. The summed E-state index contributed by atoms with van der Waals surface area (Å²) in [6.07, 6.45) is 11.3. The molecule has 0 N–H and O–H groups in total. The normalized spacial score (nSPS) is 12.2. The summed E-state index contributed by atoms with van der Waals surface area (Å²) >= 11 is 6.02. The van der Waals surface area contributed by atoms with Crippen LogP contribution in [-0.4, -0.2) is 33.9 Å². The quantitative estimate of drug-likeness (QED) is 0.419. The molecule has 0 fully saturated rings. The minimum Gasteiger partial charge on any atom is -0.284 e. The largest absolute Gasteiger partial charge is 0.284 e. The fraction of sp³-hybridized carbons (Fsp3) is 0.136. The highest BCUT2D eigenvalue weighted by molar-refractivity contribution is 6.30. The molecular formula is C22H17ClN8. The molecule has 31 heavy (non-hydrogen) atoms. The molecular weight excluding hydrogens is 412 g/mol. The number of hydrogen-bond donors (Lipinski definition) is 0. The average molecular weight is 429 g/mol. The summed E-state index contributed by atoms with van der Waals surface area (Å²) in [6.45, 7) is 0. The highest BCUT2D eigenvalue weighted by Gasteiger charge is 2.18. The van der Waals surface area contributed by atoms with Crippen molar-refractivity contribution < 1.29 is 0 Å². The molecule has 0 amide bonds. The molecule has 0 radical (unpaired) electrons. The summed E-state index contributed by atoms with van der Waals surface area (Å²) in [5, 5.41) is 18.8. The second-order valence-electron chi connectivity index (χ2n) is 7.16. The van der Waals surface area contributed by atoms with E-state index in [1.807, 2.05) is 60.4 Å². The third-order valence-corrected chi connectivity index (χ3v) is 5.36. The van der Waals surface area contributed by atoms with E-state index in [1.165, 1.54) is 0 Å². The lowest BCUT2D eigenvalue weighted by Crippen LogP contribution is -2.10. The fourth-order valence-electron chi connectivity index (χ4n) is 3.59. The lowest BCUT2D eigenvalue weighted by atomic mass is 10.0. The van der Waals surface area contributed by atoms with Gasteiger partial charge in [-0.15, -0.1) is 0 Å². The zero-order valence-corrected chi connectivity index (χ0v) is 17.3. The predicted molar refractivity (Wildman–Crippen MR) is 116 cm³/mol. The van der Waals surface area contributed by atoms with Crippen LogP contribution in [-0.2, 0) is 7.05 Å². The monoisotopic (exact) mass is 428 g/mol. The van der Waals surface area contributed by atoms with Crippen LogP contribution >= 0.6 is 11.6 Å². The Morgan fingerprint density at radius 1 is 1.10 bits per heavy atom. The van der Waals surface area contributed by atoms with Crippen LogP contribution in [0.3, 0.4) is 0 Å². The molecule has 0 aliphatic heterocycles. The molecule has 5 aromatic rings. The Bertz CT molecular complexity index is 1400. The zero-order valence-electron chi connectivity index (χ0n) is 16.6. The van der Waals surface area contributed by atoms with Crippen molar-refractivity contribution in [1.29, 1.82) is 5.26 Å². The molecule has 8 nitrogen and oxygen atoms in total. The van der Waals surface area contributed by atoms with Gasteiger partial charge in [-0.2, -0.15) is 15.5 Å². The van der Waals surface area contributed by atoms with Crippen LogP contribution in [0.15, 0.2) is 67.5 Å². The van der Waals surface area contributed by atoms with Gasteiger partial charge in [0, 0.05) is 48.5 Å². The van der Waals surface area contributed by atoms with E-state index in [1.54, 1.807) is 28.0 Å². The van der Waals surface area contributed by atoms with Gasteiger partial charge in [0.25, 0.3) is 0 Å². The van der Waals surface area contributed by atoms with Gasteiger partial charge >= 0.3 is 0 Å². The van der Waals surface area contributed by atoms with Crippen LogP contribution < -0.4 is 0 Å². The molecule has 0 aliphatic carbocycles. The number of nitrogens with zero attached hydrogens (tertiary/aromatic N) is 8. The molecule has 1 aromatic carbocycles. The summed E-state index contributed by atoms with van der Waals surface area (Å²) in [4.78, 5) is 9.30. The van der Waals surface area contributed by atoms with Crippen molar-refractivity contribution in [3.63, 3.8) is 0 Å². The van der Waals surface area contributed by atoms with Crippen LogP contribution in [0.4, 0.5) is 0 Å². The van der Waals surface area contributed by atoms with Gasteiger partial charge in [0.15, 0.2) is 0 Å². The molecule has 4 aromatic heterocycles. The van der Waals surface area contributed by atoms with E-state index in [0.717, 1.165) is 28.0 Å². The Balaban J connectivity index is 1.59. The van der Waals surface area contributed by atoms with E-state index in [4.69, 9.17) is 16.6 Å². The van der Waals surface area contributed by atoms with Crippen molar-refractivity contribution in [3.8, 4) is 28.7 Å². The van der Waals surface area contributed by atoms with E-state index in [9.17, 15) is 5.26 Å². The molecule has 0 spiro atoms. The first kappa shape index (κ1) is 19.0. The van der Waals surface area contributed by atoms with E-state index in [2.05, 4.69) is 21.3 Å². The smallest absolute Gasteiger partial charge is 0.149 e. The third kappa shape index (κ3) is 3.56. The van der Waals surface area contributed by atoms with Crippen LogP contribution in [0.2, 0.25) is 5.02 Å². The zero-order chi connectivity index (χ0) is 21.4. The first-order valence-electron chi connectivity index (χ1n) is 9.62. The summed E-state index contributed by atoms with van der Waals surface area (Å²) in [5.41, 5.74) is 4.25. The maximum atomic E-state index is 9.37. The minimum atomic E-state index is -0.226. The summed E-state index contributed by atoms with van der Waals surface area (Å²) in [5.74, 6) is 0.715. The maximum Gasteiger partial charge on any atom is 0.149 e. The molecule has 0 bridgehead atoms. The van der Waals surface area contributed by atoms with E-state index in [0.29, 0.717) is 10.8 Å². The van der Waals surface area contributed by atoms with Crippen molar-refractivity contribution >= 4 is 17.2 Å². The Labute approximate surface area is 183 Å². The van der Waals surface area contributed by atoms with Gasteiger partial charge in [-0.25, -0.2) is 9.97 Å². The van der Waals surface area contributed by atoms with Gasteiger partial charge < -0.3 is 0 Å². The number of imidazole rings is 1. The number of benzene rings is 1. The van der Waals surface area contributed by atoms with Crippen LogP contribution in [0, 0.1) is 11.3 Å². The maximum absolute atomic E-state index is 9.37. The average Bonchev–Trinajstić information content (AvgIpc) is 3.52. The van der Waals surface area contributed by atoms with Crippen molar-refractivity contribution in [3.05, 3.63) is 78.1 Å². The molecule has 5 rings (SSSR count). The Hall–Kier alpha value is -3.96. The van der Waals surface area contributed by atoms with Crippen molar-refractivity contribution in [2.45, 2.75) is 12.5 Å². The van der Waals surface area contributed by atoms with Gasteiger partial charge in [0.1, 0.15) is 11.5 Å². The standard InChI is InChI=1S/C22H17ClN8/c1-29-13-16(11-26-29)19-10-21-25-8-9-30(21)22(28-19)17-12-27-31(14-17)20(6-7-24)15-2-4-18(23)5-3-15/h2-5,8-14,20H,6H2,1H3. The number of halogens is 1. The van der Waals surface area contributed by atoms with Gasteiger partial charge in [-0.3, -0.25) is 13.8 Å². The van der Waals surface area contributed by atoms with Gasteiger partial charge in [0.2, 0.25) is 0 Å². The van der Waals surface area contributed by atoms with Crippen LogP contribution in [0.1, 0.15) is 18.0 Å². The molecule has 9 heteroatoms. The van der Waals surface area contributed by atoms with Crippen molar-refractivity contribution in [1.82, 2.24) is 33.9 Å². The van der Waals surface area contributed by atoms with Gasteiger partial charge in [-0.1, -0.05) is 23.7 Å². The Kier molecular flexibility index (Phi) is 4.73. The number of nitriles is 1. The molecule has 1 atom stereocenters. The first-order valence-corrected chi connectivity index (χ1v) is 10.0. The number of rotatable bonds is 5. The lowest BCUT2D eigenvalue weighted by Gasteiger charge is -2.15. The summed E-state index contributed by atoms with van der Waals surface area (Å²) in [6, 6.07) is 11.4. The second-order valence-corrected chi connectivity index (χ2v) is 7.60. The predicted octanol–water partition coefficient (Wildman–Crippen LogP) is 4.15. The topological polar surface area (TPSA) is 89.6 Å². The molecule has 152 valence electrons. The van der Waals surface area contributed by atoms with Crippen molar-refractivity contribution in [2.75, 3.05) is 0 Å². The van der Waals surface area contributed by atoms with Gasteiger partial charge in [0.05, 0.1) is 42.2 Å². The van der Waals surface area contributed by atoms with Crippen molar-refractivity contribution in [2.24, 2.45) is 7.05 Å². The summed E-state index contributed by atoms with van der Waals surface area (Å²) in [7, 11) is 1.87. The lowest BCUT2D eigenvalue weighted by molar-refractivity contribution is 0.532. The Morgan fingerprint density at radius 2 is 1.90 bits per heavy atom. The highest BCUT2D eigenvalue weighted by atomic mass is 35.5. The van der Waals surface area contributed by atoms with Crippen LogP contribution in [0.25, 0.3) is 28.3 Å². The van der Waals surface area contributed by atoms with Gasteiger partial charge in [-0.05, 0) is 17.7 Å². The van der Waals surface area contributed by atoms with E-state index >= 15 is 0 Å². The molecule has 0 saturated carbocycles. The van der Waals surface area contributed by atoms with E-state index in [-0.39, 0.29) is 12.5 Å². The number of hydrogen-bond acceptors (Lipinski definition) is 5. The molecule has 1 unspecified atom stereocenters. The second kappa shape index (κ2) is 7.70. The molecule has 4 heterocycles. The Morgan fingerprint density at radius 3 is 2.65 bits per heavy atom. The SMILES string of the molecule is Cn1cc(-c2cc3nccn3c(-c3cnn(C(CC#N)c4ccc(Cl)cc4)c3)n2)cn1. The number of aromatic nitrogens is 7. The number of fused-ring (bicyclic) bond motifs is 1. The third-order valence-electron chi connectivity index (χ3n) is 5.11. The number of aryl methyl sites for hydroxylation is 1. The minimum absolute atomic E-state index is 0.226. The van der Waals surface area contributed by atoms with E-state index < -0.39 is 0 Å². The summed E-state index contributed by atoms with van der Waals surface area (Å²) < 4.78 is 5.45. The fourth-order valence-corrected chi connectivity index (χ4v) is 3.71. The molecule has 0 saturated heterocycles. The van der Waals surface area contributed by atoms with Crippen LogP contribution in [0.5, 0.6) is 0 Å².